The molecule has 1 rings (SSSR count). The maximum atomic E-state index is 12.6. The molecule has 14 heavy (non-hydrogen) atoms. The van der Waals surface area contributed by atoms with E-state index >= 15 is 0 Å². The molecule has 3 nitrogen and oxygen atoms in total. The summed E-state index contributed by atoms with van der Waals surface area (Å²) < 4.78 is 51.3. The molecule has 78 valence electrons. The van der Waals surface area contributed by atoms with Crippen molar-refractivity contribution in [2.75, 3.05) is 5.73 Å². The molecule has 2 N–H and O–H groups in total. The fraction of sp³-hybridized carbons (Fsp3) is 0.167. The molecule has 0 unspecified atom stereocenters. The Hall–Kier alpha value is -1.24. The van der Waals surface area contributed by atoms with Crippen molar-refractivity contribution in [2.45, 2.75) is 6.36 Å². The Labute approximate surface area is 80.4 Å². The molecular weight excluding hydrogens is 228 g/mol. The number of hydrogen-bond acceptors (Lipinski definition) is 3. The fourth-order valence-electron chi connectivity index (χ4n) is 0.681. The second-order valence-electron chi connectivity index (χ2n) is 2.20. The average Bonchev–Trinajstić information content (AvgIpc) is 2.04. The number of nitrogens with two attached hydrogens (primary N) is 1. The summed E-state index contributed by atoms with van der Waals surface area (Å²) in [6.45, 7) is 0. The summed E-state index contributed by atoms with van der Waals surface area (Å²) in [4.78, 5) is 3.00. The van der Waals surface area contributed by atoms with Crippen LogP contribution in [0.15, 0.2) is 6.20 Å². The second kappa shape index (κ2) is 3.49. The zero-order valence-electron chi connectivity index (χ0n) is 6.40. The molecule has 0 amide bonds. The van der Waals surface area contributed by atoms with Gasteiger partial charge in [0.05, 0.1) is 11.9 Å². The van der Waals surface area contributed by atoms with Crippen molar-refractivity contribution in [3.63, 3.8) is 0 Å². The van der Waals surface area contributed by atoms with Crippen molar-refractivity contribution in [2.24, 2.45) is 0 Å². The van der Waals surface area contributed by atoms with Crippen LogP contribution in [0.2, 0.25) is 5.02 Å². The van der Waals surface area contributed by atoms with Gasteiger partial charge in [0, 0.05) is 0 Å². The molecule has 0 saturated carbocycles. The molecule has 0 aliphatic rings. The van der Waals surface area contributed by atoms with Crippen LogP contribution in [0.4, 0.5) is 23.2 Å². The van der Waals surface area contributed by atoms with Crippen molar-refractivity contribution < 1.29 is 22.3 Å². The van der Waals surface area contributed by atoms with E-state index in [0.29, 0.717) is 6.20 Å². The van der Waals surface area contributed by atoms with Crippen molar-refractivity contribution in [3.8, 4) is 5.75 Å². The number of halogens is 5. The average molecular weight is 231 g/mol. The van der Waals surface area contributed by atoms with Crippen LogP contribution in [0.5, 0.6) is 5.75 Å². The van der Waals surface area contributed by atoms with E-state index in [1.54, 1.807) is 0 Å². The lowest BCUT2D eigenvalue weighted by Gasteiger charge is -2.11. The van der Waals surface area contributed by atoms with Crippen LogP contribution in [-0.2, 0) is 0 Å². The SMILES string of the molecule is Nc1cnc(F)c(Cl)c1OC(F)(F)F. The number of rotatable bonds is 1. The third-order valence-corrected chi connectivity index (χ3v) is 1.51. The third kappa shape index (κ3) is 2.38. The highest BCUT2D eigenvalue weighted by Crippen LogP contribution is 2.35. The van der Waals surface area contributed by atoms with Crippen molar-refractivity contribution in [3.05, 3.63) is 17.2 Å². The molecule has 0 atom stereocenters. The minimum absolute atomic E-state index is 0.492. The van der Waals surface area contributed by atoms with E-state index in [1.165, 1.54) is 0 Å². The number of pyridine rings is 1. The van der Waals surface area contributed by atoms with Crippen molar-refractivity contribution >= 4 is 17.3 Å². The minimum atomic E-state index is -4.98. The Morgan fingerprint density at radius 1 is 1.43 bits per heavy atom. The predicted octanol–water partition coefficient (Wildman–Crippen LogP) is 2.35. The van der Waals surface area contributed by atoms with Gasteiger partial charge in [-0.25, -0.2) is 4.98 Å². The smallest absolute Gasteiger partial charge is 0.402 e. The maximum absolute atomic E-state index is 12.6. The van der Waals surface area contributed by atoms with Gasteiger partial charge in [-0.1, -0.05) is 11.6 Å². The molecule has 0 spiro atoms. The van der Waals surface area contributed by atoms with Gasteiger partial charge in [-0.15, -0.1) is 13.2 Å². The zero-order chi connectivity index (χ0) is 10.9. The van der Waals surface area contributed by atoms with Crippen LogP contribution < -0.4 is 10.5 Å². The van der Waals surface area contributed by atoms with Gasteiger partial charge in [0.1, 0.15) is 5.02 Å². The summed E-state index contributed by atoms with van der Waals surface area (Å²) in [6.07, 6.45) is -4.30. The Balaban J connectivity index is 3.13. The van der Waals surface area contributed by atoms with Crippen LogP contribution in [0.1, 0.15) is 0 Å². The topological polar surface area (TPSA) is 48.1 Å². The molecule has 0 fully saturated rings. The first-order chi connectivity index (χ1) is 6.31. The van der Waals surface area contributed by atoms with E-state index in [0.717, 1.165) is 0 Å². The molecule has 0 aliphatic carbocycles. The lowest BCUT2D eigenvalue weighted by molar-refractivity contribution is -0.274. The van der Waals surface area contributed by atoms with Crippen molar-refractivity contribution in [1.82, 2.24) is 4.98 Å². The fourth-order valence-corrected chi connectivity index (χ4v) is 0.878. The number of ether oxygens (including phenoxy) is 1. The van der Waals surface area contributed by atoms with E-state index < -0.39 is 28.8 Å². The molecule has 1 heterocycles. The highest BCUT2D eigenvalue weighted by atomic mass is 35.5. The number of anilines is 1. The molecule has 0 saturated heterocycles. The summed E-state index contributed by atoms with van der Waals surface area (Å²) in [5, 5.41) is -0.901. The largest absolute Gasteiger partial charge is 0.573 e. The van der Waals surface area contributed by atoms with E-state index in [-0.39, 0.29) is 0 Å². The van der Waals surface area contributed by atoms with Crippen LogP contribution >= 0.6 is 11.6 Å². The monoisotopic (exact) mass is 230 g/mol. The Kier molecular flexibility index (Phi) is 2.70. The molecule has 0 bridgehead atoms. The van der Waals surface area contributed by atoms with Crippen LogP contribution in [-0.4, -0.2) is 11.3 Å². The normalized spacial score (nSPS) is 11.5. The van der Waals surface area contributed by atoms with E-state index in [4.69, 9.17) is 17.3 Å². The van der Waals surface area contributed by atoms with Gasteiger partial charge < -0.3 is 10.5 Å². The standard InChI is InChI=1S/C6H3ClF4N2O/c7-3-4(14-6(9,10)11)2(12)1-13-5(3)8/h1H,12H2. The molecule has 0 aliphatic heterocycles. The van der Waals surface area contributed by atoms with Crippen molar-refractivity contribution in [1.29, 1.82) is 0 Å². The first-order valence-electron chi connectivity index (χ1n) is 3.16. The first-order valence-corrected chi connectivity index (χ1v) is 3.54. The molecule has 8 heteroatoms. The highest BCUT2D eigenvalue weighted by molar-refractivity contribution is 6.32. The maximum Gasteiger partial charge on any atom is 0.573 e. The van der Waals surface area contributed by atoms with E-state index in [9.17, 15) is 17.6 Å². The molecule has 0 radical (unpaired) electrons. The van der Waals surface area contributed by atoms with Crippen LogP contribution in [0.25, 0.3) is 0 Å². The third-order valence-electron chi connectivity index (χ3n) is 1.18. The number of alkyl halides is 3. The van der Waals surface area contributed by atoms with Crippen LogP contribution in [0, 0.1) is 5.95 Å². The number of aromatic nitrogens is 1. The Morgan fingerprint density at radius 3 is 2.50 bits per heavy atom. The van der Waals surface area contributed by atoms with Gasteiger partial charge in [-0.2, -0.15) is 4.39 Å². The Morgan fingerprint density at radius 2 is 2.00 bits per heavy atom. The summed E-state index contributed by atoms with van der Waals surface area (Å²) >= 11 is 5.16. The first kappa shape index (κ1) is 10.8. The lowest BCUT2D eigenvalue weighted by atomic mass is 10.4. The van der Waals surface area contributed by atoms with Gasteiger partial charge in [0.2, 0.25) is 5.95 Å². The highest BCUT2D eigenvalue weighted by Gasteiger charge is 2.33. The minimum Gasteiger partial charge on any atom is -0.402 e. The zero-order valence-corrected chi connectivity index (χ0v) is 7.16. The summed E-state index contributed by atoms with van der Waals surface area (Å²) in [7, 11) is 0. The Bertz CT molecular complexity index is 354. The van der Waals surface area contributed by atoms with Gasteiger partial charge in [0.15, 0.2) is 5.75 Å². The molecule has 1 aromatic heterocycles. The van der Waals surface area contributed by atoms with Gasteiger partial charge in [-0.3, -0.25) is 0 Å². The van der Waals surface area contributed by atoms with Crippen LogP contribution in [0.3, 0.4) is 0 Å². The lowest BCUT2D eigenvalue weighted by Crippen LogP contribution is -2.18. The number of hydrogen-bond donors (Lipinski definition) is 1. The quantitative estimate of drug-likeness (QED) is 0.595. The van der Waals surface area contributed by atoms with Gasteiger partial charge in [0.25, 0.3) is 0 Å². The summed E-state index contributed by atoms with van der Waals surface area (Å²) in [5.41, 5.74) is 4.57. The number of nitrogens with zero attached hydrogens (tertiary/aromatic N) is 1. The molecular formula is C6H3ClF4N2O. The summed E-state index contributed by atoms with van der Waals surface area (Å²) in [6, 6.07) is 0. The van der Waals surface area contributed by atoms with E-state index in [2.05, 4.69) is 9.72 Å². The van der Waals surface area contributed by atoms with E-state index in [1.807, 2.05) is 0 Å². The predicted molar refractivity (Wildman–Crippen MR) is 40.3 cm³/mol. The number of nitrogen functional groups attached to an aromatic ring is 1. The molecule has 0 aromatic carbocycles. The van der Waals surface area contributed by atoms with Gasteiger partial charge >= 0.3 is 6.36 Å². The van der Waals surface area contributed by atoms with Gasteiger partial charge in [-0.05, 0) is 0 Å². The molecule has 1 aromatic rings. The summed E-state index contributed by atoms with van der Waals surface area (Å²) in [5.74, 6) is -2.26. The second-order valence-corrected chi connectivity index (χ2v) is 2.57.